The molecule has 1 aliphatic rings. The predicted molar refractivity (Wildman–Crippen MR) is 66.4 cm³/mol. The van der Waals surface area contributed by atoms with Crippen LogP contribution >= 0.6 is 12.4 Å². The third-order valence-electron chi connectivity index (χ3n) is 2.49. The predicted octanol–water partition coefficient (Wildman–Crippen LogP) is 2.17. The van der Waals surface area contributed by atoms with Crippen molar-refractivity contribution in [3.8, 4) is 5.75 Å². The van der Waals surface area contributed by atoms with Gasteiger partial charge >= 0.3 is 0 Å². The molecule has 0 radical (unpaired) electrons. The normalized spacial score (nSPS) is 19.9. The van der Waals surface area contributed by atoms with E-state index in [4.69, 9.17) is 9.47 Å². The molecule has 1 aromatic rings. The Labute approximate surface area is 103 Å². The first-order valence-electron chi connectivity index (χ1n) is 5.44. The van der Waals surface area contributed by atoms with Crippen LogP contribution in [0.4, 0.5) is 0 Å². The lowest BCUT2D eigenvalue weighted by Gasteiger charge is -2.24. The molecule has 16 heavy (non-hydrogen) atoms. The SMILES string of the molecule is CCOc1cccc([C@@H]2COCCN2)c1.Cl. The van der Waals surface area contributed by atoms with Crippen molar-refractivity contribution < 1.29 is 9.47 Å². The number of ether oxygens (including phenoxy) is 2. The van der Waals surface area contributed by atoms with Gasteiger partial charge in [0, 0.05) is 6.54 Å². The van der Waals surface area contributed by atoms with E-state index in [9.17, 15) is 0 Å². The molecule has 90 valence electrons. The fourth-order valence-corrected chi connectivity index (χ4v) is 1.77. The van der Waals surface area contributed by atoms with Crippen molar-refractivity contribution in [2.24, 2.45) is 0 Å². The maximum atomic E-state index is 5.47. The summed E-state index contributed by atoms with van der Waals surface area (Å²) in [6, 6.07) is 8.50. The van der Waals surface area contributed by atoms with Crippen LogP contribution in [0.1, 0.15) is 18.5 Å². The summed E-state index contributed by atoms with van der Waals surface area (Å²) in [6.07, 6.45) is 0. The van der Waals surface area contributed by atoms with Gasteiger partial charge in [0.15, 0.2) is 0 Å². The molecule has 0 amide bonds. The zero-order valence-electron chi connectivity index (χ0n) is 9.44. The molecule has 0 spiro atoms. The van der Waals surface area contributed by atoms with Crippen molar-refractivity contribution in [1.29, 1.82) is 0 Å². The fourth-order valence-electron chi connectivity index (χ4n) is 1.77. The van der Waals surface area contributed by atoms with Crippen LogP contribution in [0.25, 0.3) is 0 Å². The van der Waals surface area contributed by atoms with E-state index in [0.717, 1.165) is 25.5 Å². The number of nitrogens with one attached hydrogen (secondary N) is 1. The second-order valence-electron chi connectivity index (χ2n) is 3.59. The summed E-state index contributed by atoms with van der Waals surface area (Å²) in [5.41, 5.74) is 1.24. The minimum Gasteiger partial charge on any atom is -0.494 e. The van der Waals surface area contributed by atoms with E-state index >= 15 is 0 Å². The standard InChI is InChI=1S/C12H17NO2.ClH/c1-2-15-11-5-3-4-10(8-11)12-9-14-7-6-13-12;/h3-5,8,12-13H,2,6-7,9H2,1H3;1H/t12-;/m0./s1. The molecular formula is C12H18ClNO2. The van der Waals surface area contributed by atoms with Crippen LogP contribution in [0.3, 0.4) is 0 Å². The lowest BCUT2D eigenvalue weighted by atomic mass is 10.1. The van der Waals surface area contributed by atoms with Gasteiger partial charge < -0.3 is 14.8 Å². The molecule has 1 aromatic carbocycles. The Bertz CT molecular complexity index is 314. The van der Waals surface area contributed by atoms with Crippen LogP contribution in [0.5, 0.6) is 5.75 Å². The largest absolute Gasteiger partial charge is 0.494 e. The minimum absolute atomic E-state index is 0. The Morgan fingerprint density at radius 2 is 2.38 bits per heavy atom. The van der Waals surface area contributed by atoms with E-state index in [0.29, 0.717) is 12.6 Å². The topological polar surface area (TPSA) is 30.5 Å². The minimum atomic E-state index is 0. The number of benzene rings is 1. The van der Waals surface area contributed by atoms with E-state index in [1.807, 2.05) is 19.1 Å². The Hall–Kier alpha value is -0.770. The maximum Gasteiger partial charge on any atom is 0.119 e. The molecule has 2 rings (SSSR count). The van der Waals surface area contributed by atoms with Crippen molar-refractivity contribution in [1.82, 2.24) is 5.32 Å². The lowest BCUT2D eigenvalue weighted by Crippen LogP contribution is -2.34. The van der Waals surface area contributed by atoms with Crippen molar-refractivity contribution in [2.45, 2.75) is 13.0 Å². The lowest BCUT2D eigenvalue weighted by molar-refractivity contribution is 0.0768. The number of halogens is 1. The van der Waals surface area contributed by atoms with Gasteiger partial charge in [-0.25, -0.2) is 0 Å². The summed E-state index contributed by atoms with van der Waals surface area (Å²) in [5, 5.41) is 3.42. The number of rotatable bonds is 3. The van der Waals surface area contributed by atoms with Crippen molar-refractivity contribution in [3.05, 3.63) is 29.8 Å². The van der Waals surface area contributed by atoms with Gasteiger partial charge in [-0.2, -0.15) is 0 Å². The molecular weight excluding hydrogens is 226 g/mol. The van der Waals surface area contributed by atoms with Gasteiger partial charge in [0.05, 0.1) is 25.9 Å². The van der Waals surface area contributed by atoms with E-state index in [2.05, 4.69) is 17.4 Å². The second kappa shape index (κ2) is 6.74. The summed E-state index contributed by atoms with van der Waals surface area (Å²) in [6.45, 7) is 5.17. The third kappa shape index (κ3) is 3.37. The molecule has 1 aliphatic heterocycles. The first kappa shape index (κ1) is 13.3. The van der Waals surface area contributed by atoms with Crippen LogP contribution in [-0.2, 0) is 4.74 Å². The highest BCUT2D eigenvalue weighted by atomic mass is 35.5. The summed E-state index contributed by atoms with van der Waals surface area (Å²) in [7, 11) is 0. The molecule has 3 nitrogen and oxygen atoms in total. The van der Waals surface area contributed by atoms with Gasteiger partial charge in [0.2, 0.25) is 0 Å². The Morgan fingerprint density at radius 3 is 3.06 bits per heavy atom. The Morgan fingerprint density at radius 1 is 1.50 bits per heavy atom. The summed E-state index contributed by atoms with van der Waals surface area (Å²) < 4.78 is 10.9. The smallest absolute Gasteiger partial charge is 0.119 e. The summed E-state index contributed by atoms with van der Waals surface area (Å²) >= 11 is 0. The van der Waals surface area contributed by atoms with Crippen molar-refractivity contribution >= 4 is 12.4 Å². The van der Waals surface area contributed by atoms with E-state index in [1.54, 1.807) is 0 Å². The molecule has 4 heteroatoms. The van der Waals surface area contributed by atoms with Crippen molar-refractivity contribution in [2.75, 3.05) is 26.4 Å². The fraction of sp³-hybridized carbons (Fsp3) is 0.500. The summed E-state index contributed by atoms with van der Waals surface area (Å²) in [5.74, 6) is 0.933. The van der Waals surface area contributed by atoms with Gasteiger partial charge in [-0.1, -0.05) is 12.1 Å². The van der Waals surface area contributed by atoms with E-state index < -0.39 is 0 Å². The highest BCUT2D eigenvalue weighted by Gasteiger charge is 2.15. The first-order valence-corrected chi connectivity index (χ1v) is 5.44. The molecule has 1 fully saturated rings. The van der Waals surface area contributed by atoms with Gasteiger partial charge in [-0.15, -0.1) is 12.4 Å². The highest BCUT2D eigenvalue weighted by Crippen LogP contribution is 2.20. The number of morpholine rings is 1. The van der Waals surface area contributed by atoms with E-state index in [-0.39, 0.29) is 12.4 Å². The molecule has 0 bridgehead atoms. The first-order chi connectivity index (χ1) is 7.40. The molecule has 1 saturated heterocycles. The van der Waals surface area contributed by atoms with Gasteiger partial charge in [-0.05, 0) is 24.6 Å². The molecule has 1 N–H and O–H groups in total. The van der Waals surface area contributed by atoms with Crippen molar-refractivity contribution in [3.63, 3.8) is 0 Å². The third-order valence-corrected chi connectivity index (χ3v) is 2.49. The molecule has 1 atom stereocenters. The number of hydrogen-bond acceptors (Lipinski definition) is 3. The average molecular weight is 244 g/mol. The molecule has 0 unspecified atom stereocenters. The Balaban J connectivity index is 0.00000128. The van der Waals surface area contributed by atoms with Crippen LogP contribution in [0.2, 0.25) is 0 Å². The zero-order valence-corrected chi connectivity index (χ0v) is 10.3. The number of hydrogen-bond donors (Lipinski definition) is 1. The Kier molecular flexibility index (Phi) is 5.60. The van der Waals surface area contributed by atoms with Gasteiger partial charge in [0.25, 0.3) is 0 Å². The quantitative estimate of drug-likeness (QED) is 0.883. The van der Waals surface area contributed by atoms with Gasteiger partial charge in [-0.3, -0.25) is 0 Å². The molecule has 1 heterocycles. The van der Waals surface area contributed by atoms with E-state index in [1.165, 1.54) is 5.56 Å². The molecule has 0 saturated carbocycles. The summed E-state index contributed by atoms with van der Waals surface area (Å²) in [4.78, 5) is 0. The van der Waals surface area contributed by atoms with Gasteiger partial charge in [0.1, 0.15) is 5.75 Å². The second-order valence-corrected chi connectivity index (χ2v) is 3.59. The monoisotopic (exact) mass is 243 g/mol. The van der Waals surface area contributed by atoms with Crippen LogP contribution < -0.4 is 10.1 Å². The average Bonchev–Trinajstić information content (AvgIpc) is 2.31. The highest BCUT2D eigenvalue weighted by molar-refractivity contribution is 5.85. The molecule has 0 aliphatic carbocycles. The molecule has 0 aromatic heterocycles. The van der Waals surface area contributed by atoms with Crippen LogP contribution in [0, 0.1) is 0 Å². The van der Waals surface area contributed by atoms with Crippen LogP contribution in [0.15, 0.2) is 24.3 Å². The maximum absolute atomic E-state index is 5.47. The van der Waals surface area contributed by atoms with Crippen LogP contribution in [-0.4, -0.2) is 26.4 Å². The zero-order chi connectivity index (χ0) is 10.5.